The molecule has 0 aliphatic carbocycles. The van der Waals surface area contributed by atoms with Crippen molar-refractivity contribution in [3.8, 4) is 5.75 Å². The fourth-order valence-electron chi connectivity index (χ4n) is 1.14. The summed E-state index contributed by atoms with van der Waals surface area (Å²) in [6, 6.07) is 5.73. The SMILES string of the molecule is Cc1cccc(Cl)c1OC[C@H]1CO1. The van der Waals surface area contributed by atoms with Crippen LogP contribution in [0.2, 0.25) is 5.02 Å². The summed E-state index contributed by atoms with van der Waals surface area (Å²) in [5, 5.41) is 0.667. The smallest absolute Gasteiger partial charge is 0.140 e. The molecule has 0 bridgehead atoms. The molecule has 1 aliphatic rings. The van der Waals surface area contributed by atoms with Gasteiger partial charge in [0, 0.05) is 0 Å². The number of ether oxygens (including phenoxy) is 2. The van der Waals surface area contributed by atoms with Crippen LogP contribution in [0, 0.1) is 6.92 Å². The van der Waals surface area contributed by atoms with Crippen molar-refractivity contribution in [1.82, 2.24) is 0 Å². The number of benzene rings is 1. The summed E-state index contributed by atoms with van der Waals surface area (Å²) in [7, 11) is 0. The van der Waals surface area contributed by atoms with E-state index in [0.717, 1.165) is 17.9 Å². The van der Waals surface area contributed by atoms with Crippen LogP contribution in [-0.2, 0) is 4.74 Å². The minimum atomic E-state index is 0.274. The Morgan fingerprint density at radius 2 is 2.38 bits per heavy atom. The Kier molecular flexibility index (Phi) is 2.42. The molecule has 0 unspecified atom stereocenters. The van der Waals surface area contributed by atoms with Gasteiger partial charge in [0.15, 0.2) is 0 Å². The van der Waals surface area contributed by atoms with Crippen LogP contribution in [0.5, 0.6) is 5.75 Å². The molecular formula is C10H11ClO2. The first kappa shape index (κ1) is 8.85. The number of aryl methyl sites for hydroxylation is 1. The Hall–Kier alpha value is -0.730. The largest absolute Gasteiger partial charge is 0.489 e. The summed E-state index contributed by atoms with van der Waals surface area (Å²) in [5.41, 5.74) is 1.06. The van der Waals surface area contributed by atoms with Gasteiger partial charge in [-0.3, -0.25) is 0 Å². The van der Waals surface area contributed by atoms with Crippen molar-refractivity contribution in [3.63, 3.8) is 0 Å². The first-order chi connectivity index (χ1) is 6.27. The molecule has 1 aliphatic heterocycles. The molecular weight excluding hydrogens is 188 g/mol. The zero-order chi connectivity index (χ0) is 9.26. The molecule has 1 aromatic rings. The van der Waals surface area contributed by atoms with Gasteiger partial charge in [0.25, 0.3) is 0 Å². The van der Waals surface area contributed by atoms with Crippen LogP contribution in [0.3, 0.4) is 0 Å². The second kappa shape index (κ2) is 3.56. The van der Waals surface area contributed by atoms with Gasteiger partial charge in [-0.25, -0.2) is 0 Å². The quantitative estimate of drug-likeness (QED) is 0.696. The topological polar surface area (TPSA) is 21.8 Å². The van der Waals surface area contributed by atoms with E-state index < -0.39 is 0 Å². The lowest BCUT2D eigenvalue weighted by atomic mass is 10.2. The number of rotatable bonds is 3. The van der Waals surface area contributed by atoms with Gasteiger partial charge in [-0.05, 0) is 18.6 Å². The summed E-state index contributed by atoms with van der Waals surface area (Å²) in [5.74, 6) is 0.777. The van der Waals surface area contributed by atoms with Crippen molar-refractivity contribution in [1.29, 1.82) is 0 Å². The van der Waals surface area contributed by atoms with E-state index >= 15 is 0 Å². The predicted molar refractivity (Wildman–Crippen MR) is 51.4 cm³/mol. The first-order valence-electron chi connectivity index (χ1n) is 4.27. The van der Waals surface area contributed by atoms with Crippen LogP contribution < -0.4 is 4.74 Å². The molecule has 0 saturated carbocycles. The van der Waals surface area contributed by atoms with E-state index in [1.807, 2.05) is 25.1 Å². The molecule has 1 aromatic carbocycles. The van der Waals surface area contributed by atoms with Gasteiger partial charge in [-0.1, -0.05) is 23.7 Å². The average Bonchev–Trinajstić information content (AvgIpc) is 2.87. The summed E-state index contributed by atoms with van der Waals surface area (Å²) in [4.78, 5) is 0. The number of hydrogen-bond donors (Lipinski definition) is 0. The Morgan fingerprint density at radius 3 is 3.00 bits per heavy atom. The minimum Gasteiger partial charge on any atom is -0.489 e. The summed E-state index contributed by atoms with van der Waals surface area (Å²) >= 11 is 5.97. The summed E-state index contributed by atoms with van der Waals surface area (Å²) in [6.07, 6.45) is 0.274. The third-order valence-electron chi connectivity index (χ3n) is 1.98. The van der Waals surface area contributed by atoms with Crippen LogP contribution in [0.4, 0.5) is 0 Å². The fourth-order valence-corrected chi connectivity index (χ4v) is 1.42. The second-order valence-electron chi connectivity index (χ2n) is 3.15. The molecule has 0 aromatic heterocycles. The van der Waals surface area contributed by atoms with Gasteiger partial charge in [0.1, 0.15) is 18.5 Å². The van der Waals surface area contributed by atoms with Gasteiger partial charge in [-0.2, -0.15) is 0 Å². The van der Waals surface area contributed by atoms with E-state index in [0.29, 0.717) is 11.6 Å². The van der Waals surface area contributed by atoms with Gasteiger partial charge < -0.3 is 9.47 Å². The summed E-state index contributed by atoms with van der Waals surface area (Å²) in [6.45, 7) is 3.39. The van der Waals surface area contributed by atoms with Gasteiger partial charge >= 0.3 is 0 Å². The average molecular weight is 199 g/mol. The van der Waals surface area contributed by atoms with E-state index in [4.69, 9.17) is 21.1 Å². The Labute approximate surface area is 82.4 Å². The highest BCUT2D eigenvalue weighted by Crippen LogP contribution is 2.28. The molecule has 13 heavy (non-hydrogen) atoms. The van der Waals surface area contributed by atoms with E-state index in [2.05, 4.69) is 0 Å². The Morgan fingerprint density at radius 1 is 1.62 bits per heavy atom. The zero-order valence-electron chi connectivity index (χ0n) is 7.42. The highest BCUT2D eigenvalue weighted by atomic mass is 35.5. The third kappa shape index (κ3) is 2.14. The van der Waals surface area contributed by atoms with E-state index in [-0.39, 0.29) is 6.10 Å². The van der Waals surface area contributed by atoms with Crippen LogP contribution in [0.25, 0.3) is 0 Å². The Bertz CT molecular complexity index is 288. The minimum absolute atomic E-state index is 0.274. The van der Waals surface area contributed by atoms with Gasteiger partial charge in [-0.15, -0.1) is 0 Å². The van der Waals surface area contributed by atoms with Crippen molar-refractivity contribution in [2.45, 2.75) is 13.0 Å². The molecule has 1 heterocycles. The Balaban J connectivity index is 2.07. The number of para-hydroxylation sites is 1. The number of hydrogen-bond acceptors (Lipinski definition) is 2. The number of halogens is 1. The van der Waals surface area contributed by atoms with E-state index in [1.165, 1.54) is 0 Å². The van der Waals surface area contributed by atoms with Crippen LogP contribution in [0.1, 0.15) is 5.56 Å². The lowest BCUT2D eigenvalue weighted by Crippen LogP contribution is -2.05. The zero-order valence-corrected chi connectivity index (χ0v) is 8.17. The first-order valence-corrected chi connectivity index (χ1v) is 4.64. The third-order valence-corrected chi connectivity index (χ3v) is 2.28. The lowest BCUT2D eigenvalue weighted by Gasteiger charge is -2.08. The maximum absolute atomic E-state index is 5.97. The molecule has 1 atom stereocenters. The molecule has 0 radical (unpaired) electrons. The van der Waals surface area contributed by atoms with Crippen molar-refractivity contribution in [3.05, 3.63) is 28.8 Å². The molecule has 70 valence electrons. The lowest BCUT2D eigenvalue weighted by molar-refractivity contribution is 0.262. The van der Waals surface area contributed by atoms with Crippen LogP contribution >= 0.6 is 11.6 Å². The van der Waals surface area contributed by atoms with Crippen LogP contribution in [-0.4, -0.2) is 19.3 Å². The van der Waals surface area contributed by atoms with Crippen molar-refractivity contribution < 1.29 is 9.47 Å². The summed E-state index contributed by atoms with van der Waals surface area (Å²) < 4.78 is 10.6. The molecule has 1 fully saturated rings. The predicted octanol–water partition coefficient (Wildman–Crippen LogP) is 2.43. The van der Waals surface area contributed by atoms with Crippen molar-refractivity contribution >= 4 is 11.6 Å². The van der Waals surface area contributed by atoms with E-state index in [1.54, 1.807) is 0 Å². The highest BCUT2D eigenvalue weighted by molar-refractivity contribution is 6.32. The van der Waals surface area contributed by atoms with Gasteiger partial charge in [0.2, 0.25) is 0 Å². The number of epoxide rings is 1. The van der Waals surface area contributed by atoms with Crippen molar-refractivity contribution in [2.24, 2.45) is 0 Å². The monoisotopic (exact) mass is 198 g/mol. The molecule has 2 nitrogen and oxygen atoms in total. The highest BCUT2D eigenvalue weighted by Gasteiger charge is 2.23. The van der Waals surface area contributed by atoms with Crippen molar-refractivity contribution in [2.75, 3.05) is 13.2 Å². The molecule has 1 saturated heterocycles. The van der Waals surface area contributed by atoms with Crippen LogP contribution in [0.15, 0.2) is 18.2 Å². The standard InChI is InChI=1S/C10H11ClO2/c1-7-3-2-4-9(11)10(7)13-6-8-5-12-8/h2-4,8H,5-6H2,1H3/t8-/m1/s1. The molecule has 2 rings (SSSR count). The maximum atomic E-state index is 5.97. The fraction of sp³-hybridized carbons (Fsp3) is 0.400. The normalized spacial score (nSPS) is 20.0. The van der Waals surface area contributed by atoms with Gasteiger partial charge in [0.05, 0.1) is 11.6 Å². The molecule has 0 spiro atoms. The molecule has 0 N–H and O–H groups in total. The van der Waals surface area contributed by atoms with E-state index in [9.17, 15) is 0 Å². The molecule has 0 amide bonds. The molecule has 3 heteroatoms. The maximum Gasteiger partial charge on any atom is 0.140 e. The second-order valence-corrected chi connectivity index (χ2v) is 3.56.